The van der Waals surface area contributed by atoms with E-state index in [-0.39, 0.29) is 31.1 Å². The van der Waals surface area contributed by atoms with E-state index in [0.29, 0.717) is 19.3 Å². The van der Waals surface area contributed by atoms with Crippen LogP contribution in [0.5, 0.6) is 0 Å². The van der Waals surface area contributed by atoms with Gasteiger partial charge in [-0.1, -0.05) is 266 Å². The first-order chi connectivity index (χ1) is 29.7. The third-order valence-electron chi connectivity index (χ3n) is 12.5. The maximum Gasteiger partial charge on any atom is 0.306 e. The molecule has 0 aliphatic carbocycles. The average molecular weight is 863 g/mol. The Morgan fingerprint density at radius 2 is 0.541 bits per heavy atom. The molecule has 6 nitrogen and oxygen atoms in total. The van der Waals surface area contributed by atoms with Gasteiger partial charge in [0.25, 0.3) is 0 Å². The number of hydrogen-bond acceptors (Lipinski definition) is 6. The number of carbonyl (C=O) groups excluding carboxylic acids is 3. The molecule has 6 heteroatoms. The summed E-state index contributed by atoms with van der Waals surface area (Å²) in [4.78, 5) is 38.0. The summed E-state index contributed by atoms with van der Waals surface area (Å²) in [6, 6.07) is 0. The summed E-state index contributed by atoms with van der Waals surface area (Å²) >= 11 is 0. The van der Waals surface area contributed by atoms with E-state index < -0.39 is 6.10 Å². The van der Waals surface area contributed by atoms with Crippen molar-refractivity contribution in [1.29, 1.82) is 0 Å². The second-order valence-electron chi connectivity index (χ2n) is 19.8. The lowest BCUT2D eigenvalue weighted by Crippen LogP contribution is -2.30. The molecule has 61 heavy (non-hydrogen) atoms. The van der Waals surface area contributed by atoms with Gasteiger partial charge in [-0.3, -0.25) is 14.4 Å². The first-order valence-electron chi connectivity index (χ1n) is 27.2. The van der Waals surface area contributed by atoms with Gasteiger partial charge in [0, 0.05) is 19.3 Å². The minimum Gasteiger partial charge on any atom is -0.462 e. The zero-order chi connectivity index (χ0) is 44.7. The van der Waals surface area contributed by atoms with Crippen molar-refractivity contribution < 1.29 is 28.6 Å². The van der Waals surface area contributed by atoms with Gasteiger partial charge in [-0.15, -0.1) is 0 Å². The fourth-order valence-corrected chi connectivity index (χ4v) is 8.34. The van der Waals surface area contributed by atoms with Gasteiger partial charge in [0.1, 0.15) is 13.2 Å². The summed E-state index contributed by atoms with van der Waals surface area (Å²) in [5.74, 6) is 0.826. The molecule has 0 aromatic carbocycles. The Hall–Kier alpha value is -1.59. The topological polar surface area (TPSA) is 78.9 Å². The molecule has 0 aliphatic rings. The van der Waals surface area contributed by atoms with Crippen LogP contribution in [0.1, 0.15) is 304 Å². The molecule has 0 heterocycles. The van der Waals surface area contributed by atoms with Gasteiger partial charge in [-0.05, 0) is 31.1 Å². The summed E-state index contributed by atoms with van der Waals surface area (Å²) in [6.45, 7) is 11.4. The van der Waals surface area contributed by atoms with E-state index in [0.717, 1.165) is 69.6 Å². The third kappa shape index (κ3) is 49.3. The van der Waals surface area contributed by atoms with Crippen molar-refractivity contribution >= 4 is 17.9 Å². The molecular weight excluding hydrogens is 757 g/mol. The summed E-state index contributed by atoms with van der Waals surface area (Å²) in [6.07, 6.45) is 49.4. The van der Waals surface area contributed by atoms with Crippen LogP contribution in [0.4, 0.5) is 0 Å². The van der Waals surface area contributed by atoms with Crippen molar-refractivity contribution in [2.75, 3.05) is 13.2 Å². The number of rotatable bonds is 49. The Balaban J connectivity index is 4.30. The molecule has 0 radical (unpaired) electrons. The summed E-state index contributed by atoms with van der Waals surface area (Å²) in [5.41, 5.74) is 0. The van der Waals surface area contributed by atoms with Crippen LogP contribution in [0, 0.1) is 11.8 Å². The van der Waals surface area contributed by atoms with Crippen molar-refractivity contribution in [3.63, 3.8) is 0 Å². The first kappa shape index (κ1) is 59.4. The van der Waals surface area contributed by atoms with Gasteiger partial charge in [0.2, 0.25) is 0 Å². The molecule has 0 saturated carbocycles. The van der Waals surface area contributed by atoms with E-state index in [9.17, 15) is 14.4 Å². The zero-order valence-electron chi connectivity index (χ0n) is 41.8. The SMILES string of the molecule is CCCCCCCCCCCCCCC(=O)OC[C@H](COC(=O)CCCCCCCCCCCCCC(C)C)OC(=O)CCCCCCCCCCCCCCCCC(C)C. The zero-order valence-corrected chi connectivity index (χ0v) is 41.8. The van der Waals surface area contributed by atoms with Crippen LogP contribution in [-0.2, 0) is 28.6 Å². The van der Waals surface area contributed by atoms with E-state index in [1.54, 1.807) is 0 Å². The Morgan fingerprint density at radius 1 is 0.311 bits per heavy atom. The van der Waals surface area contributed by atoms with Crippen LogP contribution < -0.4 is 0 Å². The van der Waals surface area contributed by atoms with E-state index in [2.05, 4.69) is 34.6 Å². The molecule has 0 N–H and O–H groups in total. The van der Waals surface area contributed by atoms with Gasteiger partial charge in [-0.25, -0.2) is 0 Å². The van der Waals surface area contributed by atoms with Crippen molar-refractivity contribution in [2.24, 2.45) is 11.8 Å². The summed E-state index contributed by atoms with van der Waals surface area (Å²) < 4.78 is 16.8. The predicted octanol–water partition coefficient (Wildman–Crippen LogP) is 17.7. The first-order valence-corrected chi connectivity index (χ1v) is 27.2. The van der Waals surface area contributed by atoms with Crippen LogP contribution in [0.2, 0.25) is 0 Å². The van der Waals surface area contributed by atoms with Crippen LogP contribution in [-0.4, -0.2) is 37.2 Å². The Kier molecular flexibility index (Phi) is 46.6. The molecule has 0 aliphatic heterocycles. The van der Waals surface area contributed by atoms with Gasteiger partial charge in [0.15, 0.2) is 6.10 Å². The van der Waals surface area contributed by atoms with Crippen molar-refractivity contribution in [3.05, 3.63) is 0 Å². The number of esters is 3. The summed E-state index contributed by atoms with van der Waals surface area (Å²) in [5, 5.41) is 0. The highest BCUT2D eigenvalue weighted by Gasteiger charge is 2.19. The minimum atomic E-state index is -0.762. The van der Waals surface area contributed by atoms with E-state index in [1.807, 2.05) is 0 Å². The molecule has 0 aromatic heterocycles. The Labute approximate surface area is 380 Å². The van der Waals surface area contributed by atoms with Crippen molar-refractivity contribution in [3.8, 4) is 0 Å². The van der Waals surface area contributed by atoms with Crippen LogP contribution in [0.15, 0.2) is 0 Å². The van der Waals surface area contributed by atoms with Gasteiger partial charge >= 0.3 is 17.9 Å². The summed E-state index contributed by atoms with van der Waals surface area (Å²) in [7, 11) is 0. The molecule has 362 valence electrons. The van der Waals surface area contributed by atoms with Gasteiger partial charge < -0.3 is 14.2 Å². The third-order valence-corrected chi connectivity index (χ3v) is 12.5. The second-order valence-corrected chi connectivity index (χ2v) is 19.8. The molecular formula is C55H106O6. The maximum atomic E-state index is 12.8. The molecule has 1 atom stereocenters. The van der Waals surface area contributed by atoms with Crippen LogP contribution in [0.25, 0.3) is 0 Å². The molecule has 0 saturated heterocycles. The lowest BCUT2D eigenvalue weighted by Gasteiger charge is -2.18. The molecule has 0 aromatic rings. The smallest absolute Gasteiger partial charge is 0.306 e. The monoisotopic (exact) mass is 863 g/mol. The van der Waals surface area contributed by atoms with E-state index in [1.165, 1.54) is 193 Å². The fourth-order valence-electron chi connectivity index (χ4n) is 8.34. The number of carbonyl (C=O) groups is 3. The highest BCUT2D eigenvalue weighted by atomic mass is 16.6. The largest absolute Gasteiger partial charge is 0.462 e. The second kappa shape index (κ2) is 47.9. The number of hydrogen-bond donors (Lipinski definition) is 0. The van der Waals surface area contributed by atoms with Gasteiger partial charge in [-0.2, -0.15) is 0 Å². The minimum absolute atomic E-state index is 0.0631. The van der Waals surface area contributed by atoms with Crippen molar-refractivity contribution in [2.45, 2.75) is 310 Å². The normalized spacial score (nSPS) is 12.0. The molecule has 0 rings (SSSR count). The quantitative estimate of drug-likeness (QED) is 0.0344. The fraction of sp³-hybridized carbons (Fsp3) is 0.945. The molecule has 0 amide bonds. The van der Waals surface area contributed by atoms with E-state index >= 15 is 0 Å². The van der Waals surface area contributed by atoms with Crippen LogP contribution >= 0.6 is 0 Å². The number of unbranched alkanes of at least 4 members (excludes halogenated alkanes) is 34. The molecule has 0 fully saturated rings. The van der Waals surface area contributed by atoms with Gasteiger partial charge in [0.05, 0.1) is 0 Å². The average Bonchev–Trinajstić information content (AvgIpc) is 3.23. The predicted molar refractivity (Wildman–Crippen MR) is 261 cm³/mol. The van der Waals surface area contributed by atoms with Crippen molar-refractivity contribution in [1.82, 2.24) is 0 Å². The maximum absolute atomic E-state index is 12.8. The molecule has 0 spiro atoms. The standard InChI is InChI=1S/C55H106O6/c1-6-7-8-9-10-11-12-20-25-30-35-40-45-53(56)59-48-52(49-60-54(57)46-41-36-31-26-22-17-19-24-29-34-39-44-51(4)5)61-55(58)47-42-37-32-27-21-16-14-13-15-18-23-28-33-38-43-50(2)3/h50-52H,6-49H2,1-5H3/t52-/m1/s1. The molecule has 0 unspecified atom stereocenters. The Morgan fingerprint density at radius 3 is 0.803 bits per heavy atom. The lowest BCUT2D eigenvalue weighted by atomic mass is 10.0. The molecule has 0 bridgehead atoms. The van der Waals surface area contributed by atoms with E-state index in [4.69, 9.17) is 14.2 Å². The lowest BCUT2D eigenvalue weighted by molar-refractivity contribution is -0.167. The number of ether oxygens (including phenoxy) is 3. The highest BCUT2D eigenvalue weighted by molar-refractivity contribution is 5.71. The highest BCUT2D eigenvalue weighted by Crippen LogP contribution is 2.18. The Bertz CT molecular complexity index is 931. The van der Waals surface area contributed by atoms with Crippen LogP contribution in [0.3, 0.4) is 0 Å².